The second-order valence-corrected chi connectivity index (χ2v) is 8.36. The first kappa shape index (κ1) is 16.4. The van der Waals surface area contributed by atoms with E-state index < -0.39 is 0 Å². The van der Waals surface area contributed by atoms with Crippen molar-refractivity contribution in [2.45, 2.75) is 44.8 Å². The lowest BCUT2D eigenvalue weighted by Crippen LogP contribution is -2.46. The van der Waals surface area contributed by atoms with Gasteiger partial charge < -0.3 is 10.6 Å². The van der Waals surface area contributed by atoms with Crippen LogP contribution in [0.4, 0.5) is 0 Å². The van der Waals surface area contributed by atoms with E-state index in [2.05, 4.69) is 58.8 Å². The van der Waals surface area contributed by atoms with Gasteiger partial charge in [0.05, 0.1) is 9.83 Å². The third-order valence-corrected chi connectivity index (χ3v) is 5.91. The van der Waals surface area contributed by atoms with Gasteiger partial charge in [0.25, 0.3) is 0 Å². The van der Waals surface area contributed by atoms with E-state index in [0.717, 1.165) is 19.5 Å². The summed E-state index contributed by atoms with van der Waals surface area (Å²) in [4.78, 5) is 6.45. The predicted octanol–water partition coefficient (Wildman–Crippen LogP) is 3.32. The van der Waals surface area contributed by atoms with Crippen LogP contribution in [0.15, 0.2) is 15.9 Å². The number of thiophene rings is 1. The largest absolute Gasteiger partial charge is 0.326 e. The fraction of sp³-hybridized carbons (Fsp3) is 0.733. The average Bonchev–Trinajstić information content (AvgIpc) is 2.75. The molecule has 1 aromatic rings. The number of nitrogens with zero attached hydrogens (tertiary/aromatic N) is 2. The Hall–Kier alpha value is 0.0600. The monoisotopic (exact) mass is 359 g/mol. The molecule has 0 radical (unpaired) electrons. The maximum atomic E-state index is 6.47. The van der Waals surface area contributed by atoms with Crippen molar-refractivity contribution >= 4 is 27.3 Å². The van der Waals surface area contributed by atoms with Gasteiger partial charge in [-0.3, -0.25) is 4.90 Å². The average molecular weight is 360 g/mol. The summed E-state index contributed by atoms with van der Waals surface area (Å²) in [7, 11) is 2.22. The molecule has 3 nitrogen and oxygen atoms in total. The quantitative estimate of drug-likeness (QED) is 0.894. The lowest BCUT2D eigenvalue weighted by molar-refractivity contribution is 0.124. The third kappa shape index (κ3) is 3.83. The van der Waals surface area contributed by atoms with E-state index in [0.29, 0.717) is 12.1 Å². The molecular formula is C15H26BrN3S. The van der Waals surface area contributed by atoms with Crippen LogP contribution >= 0.6 is 27.3 Å². The molecule has 3 atom stereocenters. The van der Waals surface area contributed by atoms with E-state index >= 15 is 0 Å². The minimum absolute atomic E-state index is 0.200. The molecule has 2 heterocycles. The molecule has 1 fully saturated rings. The zero-order chi connectivity index (χ0) is 14.7. The van der Waals surface area contributed by atoms with Crippen LogP contribution < -0.4 is 5.73 Å². The van der Waals surface area contributed by atoms with Crippen LogP contribution in [0.3, 0.4) is 0 Å². The standard InChI is InChI=1S/C15H26BrN3S/c1-4-12(17)15(13-6-7-14(16)20-13)19-9-5-8-18(3)10-11(19)2/h6-7,11-12,15H,4-5,8-10,17H2,1-3H3. The van der Waals surface area contributed by atoms with Gasteiger partial charge in [-0.05, 0) is 61.4 Å². The smallest absolute Gasteiger partial charge is 0.0702 e. The van der Waals surface area contributed by atoms with Crippen LogP contribution in [0.1, 0.15) is 37.6 Å². The Morgan fingerprint density at radius 2 is 2.20 bits per heavy atom. The summed E-state index contributed by atoms with van der Waals surface area (Å²) in [6.07, 6.45) is 2.24. The number of halogens is 1. The molecule has 1 aliphatic heterocycles. The minimum atomic E-state index is 0.200. The van der Waals surface area contributed by atoms with Crippen molar-refractivity contribution in [3.8, 4) is 0 Å². The van der Waals surface area contributed by atoms with Crippen molar-refractivity contribution in [3.63, 3.8) is 0 Å². The van der Waals surface area contributed by atoms with Gasteiger partial charge >= 0.3 is 0 Å². The van der Waals surface area contributed by atoms with Gasteiger partial charge in [-0.1, -0.05) is 6.92 Å². The van der Waals surface area contributed by atoms with Gasteiger partial charge in [0.15, 0.2) is 0 Å². The molecule has 1 aromatic heterocycles. The van der Waals surface area contributed by atoms with Crippen molar-refractivity contribution in [1.82, 2.24) is 9.80 Å². The number of likely N-dealkylation sites (N-methyl/N-ethyl adjacent to an activating group) is 1. The molecular weight excluding hydrogens is 334 g/mol. The van der Waals surface area contributed by atoms with E-state index in [1.807, 2.05) is 11.3 Å². The highest BCUT2D eigenvalue weighted by Crippen LogP contribution is 2.35. The second-order valence-electron chi connectivity index (χ2n) is 5.86. The van der Waals surface area contributed by atoms with Gasteiger partial charge in [0.2, 0.25) is 0 Å². The summed E-state index contributed by atoms with van der Waals surface area (Å²) >= 11 is 5.41. The second kappa shape index (κ2) is 7.36. The fourth-order valence-electron chi connectivity index (χ4n) is 3.13. The summed E-state index contributed by atoms with van der Waals surface area (Å²) < 4.78 is 1.19. The highest BCUT2D eigenvalue weighted by Gasteiger charge is 2.31. The number of nitrogens with two attached hydrogens (primary N) is 1. The van der Waals surface area contributed by atoms with Crippen molar-refractivity contribution in [1.29, 1.82) is 0 Å². The van der Waals surface area contributed by atoms with Gasteiger partial charge in [-0.2, -0.15) is 0 Å². The first-order valence-electron chi connectivity index (χ1n) is 7.48. The lowest BCUT2D eigenvalue weighted by Gasteiger charge is -2.38. The van der Waals surface area contributed by atoms with Crippen molar-refractivity contribution in [3.05, 3.63) is 20.8 Å². The summed E-state index contributed by atoms with van der Waals surface area (Å²) in [5, 5.41) is 0. The molecule has 5 heteroatoms. The summed E-state index contributed by atoms with van der Waals surface area (Å²) in [5.41, 5.74) is 6.47. The van der Waals surface area contributed by atoms with Gasteiger partial charge in [0.1, 0.15) is 0 Å². The highest BCUT2D eigenvalue weighted by molar-refractivity contribution is 9.11. The molecule has 0 amide bonds. The zero-order valence-electron chi connectivity index (χ0n) is 12.7. The van der Waals surface area contributed by atoms with Crippen LogP contribution in [0.2, 0.25) is 0 Å². The van der Waals surface area contributed by atoms with E-state index in [-0.39, 0.29) is 6.04 Å². The van der Waals surface area contributed by atoms with Crippen molar-refractivity contribution in [2.75, 3.05) is 26.7 Å². The maximum absolute atomic E-state index is 6.47. The molecule has 1 aliphatic rings. The molecule has 0 saturated carbocycles. The Morgan fingerprint density at radius 3 is 2.80 bits per heavy atom. The molecule has 0 aromatic carbocycles. The van der Waals surface area contributed by atoms with E-state index in [1.165, 1.54) is 21.6 Å². The number of hydrogen-bond donors (Lipinski definition) is 1. The molecule has 1 saturated heterocycles. The minimum Gasteiger partial charge on any atom is -0.326 e. The van der Waals surface area contributed by atoms with Crippen molar-refractivity contribution in [2.24, 2.45) is 5.73 Å². The molecule has 2 rings (SSSR count). The molecule has 20 heavy (non-hydrogen) atoms. The zero-order valence-corrected chi connectivity index (χ0v) is 15.1. The summed E-state index contributed by atoms with van der Waals surface area (Å²) in [6, 6.07) is 5.47. The Kier molecular flexibility index (Phi) is 6.05. The summed E-state index contributed by atoms with van der Waals surface area (Å²) in [6.45, 7) is 7.97. The maximum Gasteiger partial charge on any atom is 0.0702 e. The Morgan fingerprint density at radius 1 is 1.45 bits per heavy atom. The predicted molar refractivity (Wildman–Crippen MR) is 91.3 cm³/mol. The summed E-state index contributed by atoms with van der Waals surface area (Å²) in [5.74, 6) is 0. The SMILES string of the molecule is CCC(N)C(c1ccc(Br)s1)N1CCCN(C)CC1C. The van der Waals surface area contributed by atoms with Crippen molar-refractivity contribution < 1.29 is 0 Å². The Balaban J connectivity index is 2.25. The van der Waals surface area contributed by atoms with E-state index in [4.69, 9.17) is 5.73 Å². The van der Waals surface area contributed by atoms with E-state index in [1.54, 1.807) is 0 Å². The topological polar surface area (TPSA) is 32.5 Å². The van der Waals surface area contributed by atoms with Crippen LogP contribution in [-0.2, 0) is 0 Å². The van der Waals surface area contributed by atoms with E-state index in [9.17, 15) is 0 Å². The van der Waals surface area contributed by atoms with Crippen LogP contribution in [-0.4, -0.2) is 48.6 Å². The number of hydrogen-bond acceptors (Lipinski definition) is 4. The van der Waals surface area contributed by atoms with Crippen LogP contribution in [0.25, 0.3) is 0 Å². The fourth-order valence-corrected chi connectivity index (χ4v) is 4.76. The lowest BCUT2D eigenvalue weighted by atomic mass is 10.0. The highest BCUT2D eigenvalue weighted by atomic mass is 79.9. The first-order chi connectivity index (χ1) is 9.52. The first-order valence-corrected chi connectivity index (χ1v) is 9.09. The van der Waals surface area contributed by atoms with Crippen LogP contribution in [0, 0.1) is 0 Å². The molecule has 0 spiro atoms. The molecule has 0 bridgehead atoms. The van der Waals surface area contributed by atoms with Crippen LogP contribution in [0.5, 0.6) is 0 Å². The third-order valence-electron chi connectivity index (χ3n) is 4.22. The number of rotatable bonds is 4. The van der Waals surface area contributed by atoms with Gasteiger partial charge in [-0.15, -0.1) is 11.3 Å². The molecule has 114 valence electrons. The molecule has 2 N–H and O–H groups in total. The Bertz CT molecular complexity index is 423. The Labute approximate surface area is 135 Å². The van der Waals surface area contributed by atoms with Gasteiger partial charge in [0, 0.05) is 30.1 Å². The molecule has 0 aliphatic carbocycles. The molecule has 3 unspecified atom stereocenters. The van der Waals surface area contributed by atoms with Gasteiger partial charge in [-0.25, -0.2) is 0 Å². The normalized spacial score (nSPS) is 25.4.